The van der Waals surface area contributed by atoms with Crippen LogP contribution in [0.3, 0.4) is 0 Å². The van der Waals surface area contributed by atoms with E-state index in [9.17, 15) is 9.59 Å². The van der Waals surface area contributed by atoms with Crippen LogP contribution in [0.25, 0.3) is 21.8 Å². The maximum absolute atomic E-state index is 12.9. The number of aryl methyl sites for hydroxylation is 1. The van der Waals surface area contributed by atoms with Crippen molar-refractivity contribution in [2.24, 2.45) is 0 Å². The average Bonchev–Trinajstić information content (AvgIpc) is 2.89. The minimum atomic E-state index is -0.315. The summed E-state index contributed by atoms with van der Waals surface area (Å²) < 4.78 is 2.77. The van der Waals surface area contributed by atoms with E-state index in [-0.39, 0.29) is 18.0 Å². The molecule has 0 aliphatic carbocycles. The molecular weight excluding hydrogens is 316 g/mol. The van der Waals surface area contributed by atoms with E-state index < -0.39 is 0 Å². The third-order valence-electron chi connectivity index (χ3n) is 4.59. The molecule has 0 unspecified atom stereocenters. The van der Waals surface area contributed by atoms with Crippen molar-refractivity contribution in [3.63, 3.8) is 0 Å². The van der Waals surface area contributed by atoms with Crippen LogP contribution in [0, 0.1) is 13.8 Å². The predicted molar refractivity (Wildman–Crippen MR) is 95.8 cm³/mol. The van der Waals surface area contributed by atoms with Gasteiger partial charge in [-0.2, -0.15) is 0 Å². The first-order chi connectivity index (χ1) is 12.1. The van der Waals surface area contributed by atoms with Crippen LogP contribution in [-0.4, -0.2) is 25.5 Å². The van der Waals surface area contributed by atoms with Gasteiger partial charge >= 0.3 is 0 Å². The van der Waals surface area contributed by atoms with Gasteiger partial charge < -0.3 is 0 Å². The Kier molecular flexibility index (Phi) is 3.46. The zero-order valence-electron chi connectivity index (χ0n) is 13.9. The van der Waals surface area contributed by atoms with Crippen molar-refractivity contribution in [2.75, 3.05) is 0 Å². The summed E-state index contributed by atoms with van der Waals surface area (Å²) in [5.74, 6) is -0.214. The number of hydrogen-bond donors (Lipinski definition) is 0. The first-order valence-electron chi connectivity index (χ1n) is 8.00. The summed E-state index contributed by atoms with van der Waals surface area (Å²) in [4.78, 5) is 25.4. The highest BCUT2D eigenvalue weighted by Gasteiger charge is 2.17. The van der Waals surface area contributed by atoms with E-state index in [4.69, 9.17) is 0 Å². The standard InChI is InChI=1S/C19H16N4O2/c1-12-13(2)23(17-10-6-4-7-14(12)17)18(24)11-22-19(25)15-8-3-5-9-16(15)20-21-22/h3-10H,11H2,1-2H3. The van der Waals surface area contributed by atoms with Crippen LogP contribution in [0.15, 0.2) is 53.3 Å². The summed E-state index contributed by atoms with van der Waals surface area (Å²) in [5, 5.41) is 9.43. The number of carbonyl (C=O) groups is 1. The van der Waals surface area contributed by atoms with Gasteiger partial charge in [0.25, 0.3) is 11.5 Å². The van der Waals surface area contributed by atoms with Crippen molar-refractivity contribution >= 4 is 27.7 Å². The van der Waals surface area contributed by atoms with Gasteiger partial charge in [-0.1, -0.05) is 35.5 Å². The molecule has 6 nitrogen and oxygen atoms in total. The van der Waals surface area contributed by atoms with Crippen LogP contribution in [0.2, 0.25) is 0 Å². The van der Waals surface area contributed by atoms with E-state index in [2.05, 4.69) is 10.3 Å². The molecule has 0 bridgehead atoms. The first kappa shape index (κ1) is 15.3. The molecule has 4 rings (SSSR count). The molecule has 6 heteroatoms. The van der Waals surface area contributed by atoms with Gasteiger partial charge in [0.2, 0.25) is 0 Å². The third-order valence-corrected chi connectivity index (χ3v) is 4.59. The molecule has 0 aliphatic heterocycles. The zero-order chi connectivity index (χ0) is 17.6. The molecule has 0 atom stereocenters. The molecule has 0 amide bonds. The molecule has 2 heterocycles. The molecule has 0 saturated heterocycles. The summed E-state index contributed by atoms with van der Waals surface area (Å²) in [6, 6.07) is 14.7. The van der Waals surface area contributed by atoms with Crippen molar-refractivity contribution in [3.8, 4) is 0 Å². The predicted octanol–water partition coefficient (Wildman–Crippen LogP) is 2.70. The number of benzene rings is 2. The Hall–Kier alpha value is -3.28. The van der Waals surface area contributed by atoms with Crippen LogP contribution in [-0.2, 0) is 6.54 Å². The molecule has 0 fully saturated rings. The lowest BCUT2D eigenvalue weighted by molar-refractivity contribution is 0.0886. The highest BCUT2D eigenvalue weighted by molar-refractivity contribution is 5.95. The quantitative estimate of drug-likeness (QED) is 0.566. The minimum absolute atomic E-state index is 0.157. The molecule has 0 aliphatic rings. The number of aromatic nitrogens is 4. The van der Waals surface area contributed by atoms with Crippen molar-refractivity contribution in [3.05, 3.63) is 70.1 Å². The maximum atomic E-state index is 12.9. The second-order valence-electron chi connectivity index (χ2n) is 6.03. The van der Waals surface area contributed by atoms with Crippen LogP contribution < -0.4 is 5.56 Å². The molecule has 0 saturated carbocycles. The second kappa shape index (κ2) is 5.66. The highest BCUT2D eigenvalue weighted by atomic mass is 16.2. The van der Waals surface area contributed by atoms with E-state index in [1.54, 1.807) is 28.8 Å². The Morgan fingerprint density at radius 3 is 2.48 bits per heavy atom. The molecular formula is C19H16N4O2. The van der Waals surface area contributed by atoms with Crippen LogP contribution in [0.4, 0.5) is 0 Å². The van der Waals surface area contributed by atoms with Crippen LogP contribution >= 0.6 is 0 Å². The number of rotatable bonds is 2. The Balaban J connectivity index is 1.80. The fraction of sp³-hybridized carbons (Fsp3) is 0.158. The van der Waals surface area contributed by atoms with Crippen molar-refractivity contribution in [1.82, 2.24) is 19.6 Å². The summed E-state index contributed by atoms with van der Waals surface area (Å²) in [7, 11) is 0. The molecule has 0 N–H and O–H groups in total. The van der Waals surface area contributed by atoms with Gasteiger partial charge in [0, 0.05) is 11.1 Å². The second-order valence-corrected chi connectivity index (χ2v) is 6.03. The van der Waals surface area contributed by atoms with Gasteiger partial charge in [-0.15, -0.1) is 5.10 Å². The smallest absolute Gasteiger partial charge is 0.278 e. The summed E-state index contributed by atoms with van der Waals surface area (Å²) in [5.41, 5.74) is 2.97. The Labute approximate surface area is 143 Å². The fourth-order valence-electron chi connectivity index (χ4n) is 3.18. The number of para-hydroxylation sites is 1. The third kappa shape index (κ3) is 2.34. The summed E-state index contributed by atoms with van der Waals surface area (Å²) >= 11 is 0. The van der Waals surface area contributed by atoms with Crippen molar-refractivity contribution < 1.29 is 4.79 Å². The van der Waals surface area contributed by atoms with Crippen LogP contribution in [0.5, 0.6) is 0 Å². The lowest BCUT2D eigenvalue weighted by Crippen LogP contribution is -2.30. The van der Waals surface area contributed by atoms with E-state index in [1.165, 1.54) is 0 Å². The van der Waals surface area contributed by atoms with E-state index >= 15 is 0 Å². The van der Waals surface area contributed by atoms with Gasteiger partial charge in [-0.05, 0) is 37.6 Å². The normalized spacial score (nSPS) is 11.3. The molecule has 2 aromatic heterocycles. The van der Waals surface area contributed by atoms with Crippen molar-refractivity contribution in [2.45, 2.75) is 20.4 Å². The van der Waals surface area contributed by atoms with E-state index in [0.717, 1.165) is 26.8 Å². The molecule has 0 spiro atoms. The van der Waals surface area contributed by atoms with Gasteiger partial charge in [-0.3, -0.25) is 14.2 Å². The molecule has 4 aromatic rings. The first-order valence-corrected chi connectivity index (χ1v) is 8.00. The molecule has 25 heavy (non-hydrogen) atoms. The van der Waals surface area contributed by atoms with Gasteiger partial charge in [0.1, 0.15) is 12.1 Å². The SMILES string of the molecule is Cc1c(C)n(C(=O)Cn2nnc3ccccc3c2=O)c2ccccc12. The van der Waals surface area contributed by atoms with E-state index in [0.29, 0.717) is 10.9 Å². The van der Waals surface area contributed by atoms with Crippen LogP contribution in [0.1, 0.15) is 16.1 Å². The van der Waals surface area contributed by atoms with E-state index in [1.807, 2.05) is 38.1 Å². The number of fused-ring (bicyclic) bond motifs is 2. The lowest BCUT2D eigenvalue weighted by Gasteiger charge is -2.08. The van der Waals surface area contributed by atoms with Gasteiger partial charge in [-0.25, -0.2) is 4.68 Å². The fourth-order valence-corrected chi connectivity index (χ4v) is 3.18. The molecule has 124 valence electrons. The highest BCUT2D eigenvalue weighted by Crippen LogP contribution is 2.24. The maximum Gasteiger partial charge on any atom is 0.278 e. The largest absolute Gasteiger partial charge is 0.283 e. The topological polar surface area (TPSA) is 69.8 Å². The zero-order valence-corrected chi connectivity index (χ0v) is 13.9. The molecule has 2 aromatic carbocycles. The van der Waals surface area contributed by atoms with Gasteiger partial charge in [0.15, 0.2) is 0 Å². The number of hydrogen-bond acceptors (Lipinski definition) is 4. The Morgan fingerprint density at radius 1 is 1.00 bits per heavy atom. The summed E-state index contributed by atoms with van der Waals surface area (Å²) in [6.45, 7) is 3.74. The Bertz CT molecular complexity index is 1190. The van der Waals surface area contributed by atoms with Crippen molar-refractivity contribution in [1.29, 1.82) is 0 Å². The lowest BCUT2D eigenvalue weighted by atomic mass is 10.2. The average molecular weight is 332 g/mol. The van der Waals surface area contributed by atoms with Gasteiger partial charge in [0.05, 0.1) is 10.9 Å². The Morgan fingerprint density at radius 2 is 1.68 bits per heavy atom. The minimum Gasteiger partial charge on any atom is -0.283 e. The number of nitrogens with zero attached hydrogens (tertiary/aromatic N) is 4. The number of carbonyl (C=O) groups excluding carboxylic acids is 1. The summed E-state index contributed by atoms with van der Waals surface area (Å²) in [6.07, 6.45) is 0. The monoisotopic (exact) mass is 332 g/mol. The molecule has 0 radical (unpaired) electrons.